The van der Waals surface area contributed by atoms with Gasteiger partial charge in [-0.05, 0) is 31.2 Å². The summed E-state index contributed by atoms with van der Waals surface area (Å²) in [5.74, 6) is -3.24. The molecule has 0 fully saturated rings. The molecule has 0 aliphatic carbocycles. The summed E-state index contributed by atoms with van der Waals surface area (Å²) in [6.45, 7) is 1.55. The SMILES string of the molecule is Cc1c(-c2ccc(F)cc2F)c(=O)c(C(=O)O)c(-c2ccc(Cl)c(Cl)c2)n1C. The lowest BCUT2D eigenvalue weighted by atomic mass is 9.96. The number of pyridine rings is 1. The van der Waals surface area contributed by atoms with E-state index in [-0.39, 0.29) is 26.9 Å². The lowest BCUT2D eigenvalue weighted by Crippen LogP contribution is -2.24. The van der Waals surface area contributed by atoms with Gasteiger partial charge >= 0.3 is 5.97 Å². The van der Waals surface area contributed by atoms with Gasteiger partial charge < -0.3 is 9.67 Å². The lowest BCUT2D eigenvalue weighted by Gasteiger charge is -2.19. The third-order valence-electron chi connectivity index (χ3n) is 4.50. The van der Waals surface area contributed by atoms with Crippen molar-refractivity contribution in [3.05, 3.63) is 79.6 Å². The number of aromatic carboxylic acids is 1. The fourth-order valence-electron chi connectivity index (χ4n) is 3.09. The zero-order chi connectivity index (χ0) is 20.7. The van der Waals surface area contributed by atoms with Crippen LogP contribution in [-0.2, 0) is 7.05 Å². The first kappa shape index (κ1) is 20.0. The van der Waals surface area contributed by atoms with Crippen molar-refractivity contribution in [1.29, 1.82) is 0 Å². The van der Waals surface area contributed by atoms with Gasteiger partial charge in [-0.1, -0.05) is 29.3 Å². The molecule has 28 heavy (non-hydrogen) atoms. The normalized spacial score (nSPS) is 10.9. The van der Waals surface area contributed by atoms with Gasteiger partial charge in [0.1, 0.15) is 17.2 Å². The topological polar surface area (TPSA) is 59.3 Å². The van der Waals surface area contributed by atoms with Crippen molar-refractivity contribution in [2.24, 2.45) is 7.05 Å². The Kier molecular flexibility index (Phi) is 5.28. The maximum atomic E-state index is 14.3. The summed E-state index contributed by atoms with van der Waals surface area (Å²) in [5, 5.41) is 10.2. The maximum absolute atomic E-state index is 14.3. The monoisotopic (exact) mass is 423 g/mol. The van der Waals surface area contributed by atoms with E-state index in [9.17, 15) is 23.5 Å². The van der Waals surface area contributed by atoms with Gasteiger partial charge in [0.2, 0.25) is 5.43 Å². The molecule has 3 aromatic rings. The molecule has 144 valence electrons. The number of carbonyl (C=O) groups is 1. The van der Waals surface area contributed by atoms with Crippen LogP contribution < -0.4 is 5.43 Å². The van der Waals surface area contributed by atoms with Gasteiger partial charge in [-0.2, -0.15) is 0 Å². The highest BCUT2D eigenvalue weighted by Crippen LogP contribution is 2.33. The molecule has 3 rings (SSSR count). The standard InChI is InChI=1S/C20H13Cl2F2NO3/c1-9-16(12-5-4-11(23)8-15(12)24)19(26)17(20(27)28)18(25(9)2)10-3-6-13(21)14(22)7-10/h3-8H,1-2H3,(H,27,28). The molecule has 1 N–H and O–H groups in total. The maximum Gasteiger partial charge on any atom is 0.341 e. The summed E-state index contributed by atoms with van der Waals surface area (Å²) >= 11 is 12.0. The summed E-state index contributed by atoms with van der Waals surface area (Å²) in [6, 6.07) is 7.22. The summed E-state index contributed by atoms with van der Waals surface area (Å²) in [4.78, 5) is 25.0. The minimum atomic E-state index is -1.48. The fraction of sp³-hybridized carbons (Fsp3) is 0.100. The van der Waals surface area contributed by atoms with Crippen molar-refractivity contribution in [3.63, 3.8) is 0 Å². The van der Waals surface area contributed by atoms with Crippen LogP contribution >= 0.6 is 23.2 Å². The molecule has 0 radical (unpaired) electrons. The van der Waals surface area contributed by atoms with Gasteiger partial charge in [0.05, 0.1) is 21.3 Å². The third-order valence-corrected chi connectivity index (χ3v) is 5.24. The number of hydrogen-bond acceptors (Lipinski definition) is 2. The van der Waals surface area contributed by atoms with Gasteiger partial charge in [-0.15, -0.1) is 0 Å². The van der Waals surface area contributed by atoms with Gasteiger partial charge in [0.25, 0.3) is 0 Å². The average molecular weight is 424 g/mol. The molecule has 0 aliphatic heterocycles. The van der Waals surface area contributed by atoms with E-state index < -0.39 is 28.6 Å². The number of carboxylic acid groups (broad SMARTS) is 1. The second-order valence-corrected chi connectivity index (χ2v) is 6.94. The Morgan fingerprint density at radius 2 is 1.75 bits per heavy atom. The number of carboxylic acids is 1. The molecule has 1 aromatic heterocycles. The molecular weight excluding hydrogens is 411 g/mol. The minimum absolute atomic E-state index is 0.0971. The molecular formula is C20H13Cl2F2NO3. The second-order valence-electron chi connectivity index (χ2n) is 6.13. The molecule has 0 spiro atoms. The molecule has 0 saturated carbocycles. The van der Waals surface area contributed by atoms with E-state index in [1.807, 2.05) is 0 Å². The molecule has 0 unspecified atom stereocenters. The Morgan fingerprint density at radius 3 is 2.32 bits per heavy atom. The Hall–Kier alpha value is -2.70. The quantitative estimate of drug-likeness (QED) is 0.620. The van der Waals surface area contributed by atoms with Crippen LogP contribution in [0.15, 0.2) is 41.2 Å². The van der Waals surface area contributed by atoms with E-state index in [0.717, 1.165) is 12.1 Å². The Balaban J connectivity index is 2.43. The van der Waals surface area contributed by atoms with E-state index in [0.29, 0.717) is 17.3 Å². The highest BCUT2D eigenvalue weighted by atomic mass is 35.5. The molecule has 0 bridgehead atoms. The Labute approximate surface area is 168 Å². The van der Waals surface area contributed by atoms with Crippen LogP contribution in [0.25, 0.3) is 22.4 Å². The van der Waals surface area contributed by atoms with Crippen LogP contribution in [0.2, 0.25) is 10.0 Å². The van der Waals surface area contributed by atoms with Crippen molar-refractivity contribution in [2.45, 2.75) is 6.92 Å². The highest BCUT2D eigenvalue weighted by Gasteiger charge is 2.26. The molecule has 2 aromatic carbocycles. The summed E-state index contributed by atoms with van der Waals surface area (Å²) in [6.07, 6.45) is 0. The van der Waals surface area contributed by atoms with Gasteiger partial charge in [0.15, 0.2) is 0 Å². The third kappa shape index (κ3) is 3.30. The van der Waals surface area contributed by atoms with E-state index in [1.54, 1.807) is 14.0 Å². The first-order chi connectivity index (χ1) is 13.1. The van der Waals surface area contributed by atoms with Crippen molar-refractivity contribution in [2.75, 3.05) is 0 Å². The second kappa shape index (κ2) is 7.37. The van der Waals surface area contributed by atoms with Gasteiger partial charge in [-0.25, -0.2) is 13.6 Å². The van der Waals surface area contributed by atoms with Crippen molar-refractivity contribution >= 4 is 29.2 Å². The van der Waals surface area contributed by atoms with Crippen LogP contribution in [-0.4, -0.2) is 15.6 Å². The minimum Gasteiger partial charge on any atom is -0.477 e. The number of rotatable bonds is 3. The molecule has 8 heteroatoms. The lowest BCUT2D eigenvalue weighted by molar-refractivity contribution is 0.0695. The van der Waals surface area contributed by atoms with Crippen LogP contribution in [0.3, 0.4) is 0 Å². The van der Waals surface area contributed by atoms with E-state index in [2.05, 4.69) is 0 Å². The van der Waals surface area contributed by atoms with E-state index >= 15 is 0 Å². The van der Waals surface area contributed by atoms with Crippen molar-refractivity contribution in [3.8, 4) is 22.4 Å². The van der Waals surface area contributed by atoms with Crippen molar-refractivity contribution < 1.29 is 18.7 Å². The molecule has 0 saturated heterocycles. The molecule has 4 nitrogen and oxygen atoms in total. The first-order valence-corrected chi connectivity index (χ1v) is 8.76. The smallest absolute Gasteiger partial charge is 0.341 e. The fourth-order valence-corrected chi connectivity index (χ4v) is 3.39. The summed E-state index contributed by atoms with van der Waals surface area (Å²) in [5.41, 5.74) is -0.995. The zero-order valence-corrected chi connectivity index (χ0v) is 16.2. The number of hydrogen-bond donors (Lipinski definition) is 1. The molecule has 0 amide bonds. The average Bonchev–Trinajstić information content (AvgIpc) is 2.62. The van der Waals surface area contributed by atoms with Crippen LogP contribution in [0.5, 0.6) is 0 Å². The number of nitrogens with zero attached hydrogens (tertiary/aromatic N) is 1. The Bertz CT molecular complexity index is 1190. The molecule has 0 aliphatic rings. The zero-order valence-electron chi connectivity index (χ0n) is 14.7. The van der Waals surface area contributed by atoms with Crippen LogP contribution in [0, 0.1) is 18.6 Å². The number of aromatic nitrogens is 1. The van der Waals surface area contributed by atoms with E-state index in [1.165, 1.54) is 22.8 Å². The Morgan fingerprint density at radius 1 is 1.07 bits per heavy atom. The number of benzene rings is 2. The molecule has 1 heterocycles. The highest BCUT2D eigenvalue weighted by molar-refractivity contribution is 6.42. The van der Waals surface area contributed by atoms with Crippen LogP contribution in [0.1, 0.15) is 16.1 Å². The van der Waals surface area contributed by atoms with Gasteiger partial charge in [0, 0.05) is 29.9 Å². The predicted octanol–water partition coefficient (Wildman–Crippen LogP) is 5.31. The summed E-state index contributed by atoms with van der Waals surface area (Å²) in [7, 11) is 1.55. The first-order valence-electron chi connectivity index (χ1n) is 8.01. The van der Waals surface area contributed by atoms with Gasteiger partial charge in [-0.3, -0.25) is 4.79 Å². The summed E-state index contributed by atoms with van der Waals surface area (Å²) < 4.78 is 29.0. The predicted molar refractivity (Wildman–Crippen MR) is 104 cm³/mol. The van der Waals surface area contributed by atoms with Crippen LogP contribution in [0.4, 0.5) is 8.78 Å². The van der Waals surface area contributed by atoms with E-state index in [4.69, 9.17) is 23.2 Å². The number of halogens is 4. The largest absolute Gasteiger partial charge is 0.477 e. The van der Waals surface area contributed by atoms with Crippen molar-refractivity contribution in [1.82, 2.24) is 4.57 Å². The molecule has 0 atom stereocenters.